The minimum absolute atomic E-state index is 0.289. The largest absolute Gasteiger partial charge is 0.404 e. The Balaban J connectivity index is 2.94. The highest BCUT2D eigenvalue weighted by molar-refractivity contribution is 5.76. The molecule has 0 aliphatic rings. The molecule has 0 saturated heterocycles. The average molecular weight is 258 g/mol. The first kappa shape index (κ1) is 14.8. The minimum Gasteiger partial charge on any atom is -0.404 e. The van der Waals surface area contributed by atoms with Crippen molar-refractivity contribution in [2.24, 2.45) is 5.73 Å². The molecule has 0 spiro atoms. The summed E-state index contributed by atoms with van der Waals surface area (Å²) in [6.45, 7) is 13.8. The molecule has 0 atom stereocenters. The molecule has 0 heterocycles. The number of benzene rings is 1. The summed E-state index contributed by atoms with van der Waals surface area (Å²) < 4.78 is 13.3. The van der Waals surface area contributed by atoms with Gasteiger partial charge in [0.1, 0.15) is 5.82 Å². The van der Waals surface area contributed by atoms with E-state index in [1.54, 1.807) is 12.1 Å². The topological polar surface area (TPSA) is 38.0 Å². The molecule has 0 aliphatic heterocycles. The van der Waals surface area contributed by atoms with Crippen LogP contribution in [0, 0.1) is 5.82 Å². The normalized spacial score (nSPS) is 10.9. The predicted molar refractivity (Wildman–Crippen MR) is 80.6 cm³/mol. The van der Waals surface area contributed by atoms with Crippen LogP contribution in [-0.4, -0.2) is 6.54 Å². The van der Waals surface area contributed by atoms with Crippen molar-refractivity contribution in [2.45, 2.75) is 6.92 Å². The molecule has 1 aromatic carbocycles. The Morgan fingerprint density at radius 1 is 1.37 bits per heavy atom. The van der Waals surface area contributed by atoms with E-state index in [9.17, 15) is 4.39 Å². The van der Waals surface area contributed by atoms with E-state index < -0.39 is 0 Å². The molecule has 1 aromatic rings. The highest BCUT2D eigenvalue weighted by Crippen LogP contribution is 2.23. The molecular weight excluding hydrogens is 239 g/mol. The van der Waals surface area contributed by atoms with E-state index in [2.05, 4.69) is 25.1 Å². The summed E-state index contributed by atoms with van der Waals surface area (Å²) in [4.78, 5) is 0. The van der Waals surface area contributed by atoms with Crippen molar-refractivity contribution in [3.63, 3.8) is 0 Å². The Labute approximate surface area is 113 Å². The van der Waals surface area contributed by atoms with Crippen LogP contribution >= 0.6 is 0 Å². The van der Waals surface area contributed by atoms with Gasteiger partial charge in [-0.2, -0.15) is 0 Å². The lowest BCUT2D eigenvalue weighted by Crippen LogP contribution is -2.16. The summed E-state index contributed by atoms with van der Waals surface area (Å²) in [7, 11) is 0. The van der Waals surface area contributed by atoms with Crippen LogP contribution in [0.3, 0.4) is 0 Å². The van der Waals surface area contributed by atoms with Gasteiger partial charge in [0.05, 0.1) is 0 Å². The summed E-state index contributed by atoms with van der Waals surface area (Å²) in [6.07, 6.45) is 3.15. The molecule has 3 heteroatoms. The lowest BCUT2D eigenvalue weighted by atomic mass is 9.99. The highest BCUT2D eigenvalue weighted by atomic mass is 19.1. The summed E-state index contributed by atoms with van der Waals surface area (Å²) in [5.41, 5.74) is 9.36. The standard InChI is InChI=1S/C16H19FN2/c1-5-13(9-18)10-19-12(4)15-7-6-14(17)8-16(15)11(2)3/h5-9,19H,1-2,4,10,18H2,3H3/b13-9+. The molecule has 0 saturated carbocycles. The molecular formula is C16H19FN2. The number of halogens is 1. The van der Waals surface area contributed by atoms with Crippen LogP contribution in [-0.2, 0) is 0 Å². The Morgan fingerprint density at radius 2 is 2.05 bits per heavy atom. The van der Waals surface area contributed by atoms with Crippen molar-refractivity contribution in [1.29, 1.82) is 0 Å². The van der Waals surface area contributed by atoms with Crippen LogP contribution in [0.15, 0.2) is 55.8 Å². The van der Waals surface area contributed by atoms with Crippen molar-refractivity contribution in [2.75, 3.05) is 6.54 Å². The van der Waals surface area contributed by atoms with Crippen LogP contribution < -0.4 is 11.1 Å². The fourth-order valence-corrected chi connectivity index (χ4v) is 1.64. The first-order chi connectivity index (χ1) is 8.99. The quantitative estimate of drug-likeness (QED) is 0.767. The lowest BCUT2D eigenvalue weighted by Gasteiger charge is -2.14. The zero-order valence-electron chi connectivity index (χ0n) is 11.2. The molecule has 0 aliphatic carbocycles. The number of allylic oxidation sites excluding steroid dienone is 1. The zero-order chi connectivity index (χ0) is 14.4. The van der Waals surface area contributed by atoms with Gasteiger partial charge in [-0.05, 0) is 42.5 Å². The van der Waals surface area contributed by atoms with Gasteiger partial charge in [0, 0.05) is 17.8 Å². The smallest absolute Gasteiger partial charge is 0.123 e. The maximum absolute atomic E-state index is 13.3. The number of hydrogen-bond acceptors (Lipinski definition) is 2. The SMILES string of the molecule is C=C/C(=C\N)CNC(=C)c1ccc(F)cc1C(=C)C. The second kappa shape index (κ2) is 6.59. The molecule has 0 unspecified atom stereocenters. The number of hydrogen-bond donors (Lipinski definition) is 2. The zero-order valence-corrected chi connectivity index (χ0v) is 11.2. The van der Waals surface area contributed by atoms with Crippen LogP contribution in [0.2, 0.25) is 0 Å². The fraction of sp³-hybridized carbons (Fsp3) is 0.125. The van der Waals surface area contributed by atoms with Crippen LogP contribution in [0.1, 0.15) is 18.1 Å². The molecule has 0 radical (unpaired) electrons. The molecule has 100 valence electrons. The third-order valence-electron chi connectivity index (χ3n) is 2.75. The third kappa shape index (κ3) is 3.85. The number of rotatable bonds is 6. The Hall–Kier alpha value is -2.29. The molecule has 0 fully saturated rings. The van der Waals surface area contributed by atoms with Gasteiger partial charge in [-0.15, -0.1) is 0 Å². The molecule has 19 heavy (non-hydrogen) atoms. The number of nitrogens with two attached hydrogens (primary N) is 1. The molecule has 0 aromatic heterocycles. The van der Waals surface area contributed by atoms with E-state index in [-0.39, 0.29) is 5.82 Å². The fourth-order valence-electron chi connectivity index (χ4n) is 1.64. The molecule has 1 rings (SSSR count). The van der Waals surface area contributed by atoms with Gasteiger partial charge in [0.15, 0.2) is 0 Å². The van der Waals surface area contributed by atoms with Crippen molar-refractivity contribution in [1.82, 2.24) is 5.32 Å². The third-order valence-corrected chi connectivity index (χ3v) is 2.75. The molecule has 3 N–H and O–H groups in total. The summed E-state index contributed by atoms with van der Waals surface area (Å²) in [5, 5.41) is 3.14. The van der Waals surface area contributed by atoms with Crippen molar-refractivity contribution in [3.05, 3.63) is 72.7 Å². The van der Waals surface area contributed by atoms with Gasteiger partial charge in [0.25, 0.3) is 0 Å². The van der Waals surface area contributed by atoms with Crippen molar-refractivity contribution in [3.8, 4) is 0 Å². The molecule has 0 amide bonds. The summed E-state index contributed by atoms with van der Waals surface area (Å²) >= 11 is 0. The van der Waals surface area contributed by atoms with Crippen LogP contribution in [0.4, 0.5) is 4.39 Å². The first-order valence-electron chi connectivity index (χ1n) is 5.91. The minimum atomic E-state index is -0.289. The molecule has 2 nitrogen and oxygen atoms in total. The maximum Gasteiger partial charge on any atom is 0.123 e. The first-order valence-corrected chi connectivity index (χ1v) is 5.91. The van der Waals surface area contributed by atoms with Gasteiger partial charge in [-0.3, -0.25) is 0 Å². The van der Waals surface area contributed by atoms with Crippen LogP contribution in [0.25, 0.3) is 11.3 Å². The van der Waals surface area contributed by atoms with E-state index in [4.69, 9.17) is 5.73 Å². The highest BCUT2D eigenvalue weighted by Gasteiger charge is 2.08. The Bertz CT molecular complexity index is 542. The van der Waals surface area contributed by atoms with Crippen molar-refractivity contribution >= 4 is 11.3 Å². The maximum atomic E-state index is 13.3. The number of nitrogens with one attached hydrogen (secondary N) is 1. The van der Waals surface area contributed by atoms with Gasteiger partial charge < -0.3 is 11.1 Å². The van der Waals surface area contributed by atoms with Gasteiger partial charge in [0.2, 0.25) is 0 Å². The Morgan fingerprint density at radius 3 is 2.58 bits per heavy atom. The van der Waals surface area contributed by atoms with E-state index in [0.717, 1.165) is 22.3 Å². The second-order valence-corrected chi connectivity index (χ2v) is 4.25. The molecule has 0 bridgehead atoms. The van der Waals surface area contributed by atoms with Crippen LogP contribution in [0.5, 0.6) is 0 Å². The lowest BCUT2D eigenvalue weighted by molar-refractivity contribution is 0.627. The summed E-state index contributed by atoms with van der Waals surface area (Å²) in [5.74, 6) is -0.289. The van der Waals surface area contributed by atoms with Gasteiger partial charge in [-0.25, -0.2) is 4.39 Å². The predicted octanol–water partition coefficient (Wildman–Crippen LogP) is 3.45. The van der Waals surface area contributed by atoms with Crippen molar-refractivity contribution < 1.29 is 4.39 Å². The van der Waals surface area contributed by atoms with Gasteiger partial charge in [-0.1, -0.05) is 31.4 Å². The second-order valence-electron chi connectivity index (χ2n) is 4.25. The Kier molecular flexibility index (Phi) is 5.12. The monoisotopic (exact) mass is 258 g/mol. The van der Waals surface area contributed by atoms with E-state index in [1.165, 1.54) is 18.3 Å². The van der Waals surface area contributed by atoms with E-state index >= 15 is 0 Å². The van der Waals surface area contributed by atoms with Gasteiger partial charge >= 0.3 is 0 Å². The average Bonchev–Trinajstić information content (AvgIpc) is 2.39. The van der Waals surface area contributed by atoms with E-state index in [1.807, 2.05) is 6.92 Å². The summed E-state index contributed by atoms with van der Waals surface area (Å²) in [6, 6.07) is 4.55. The van der Waals surface area contributed by atoms with E-state index in [0.29, 0.717) is 12.2 Å².